The zero-order valence-electron chi connectivity index (χ0n) is 15.0. The molecule has 27 heavy (non-hydrogen) atoms. The molecule has 2 heterocycles. The molecule has 142 valence electrons. The summed E-state index contributed by atoms with van der Waals surface area (Å²) in [5.74, 6) is -2.28. The molecular weight excluding hydrogens is 354 g/mol. The van der Waals surface area contributed by atoms with Gasteiger partial charge in [0, 0.05) is 13.0 Å². The number of aromatic nitrogens is 2. The van der Waals surface area contributed by atoms with Crippen molar-refractivity contribution < 1.29 is 29.1 Å². The lowest BCUT2D eigenvalue weighted by atomic mass is 10.1. The minimum atomic E-state index is -1.17. The molecule has 3 rings (SSSR count). The Balaban J connectivity index is 1.58. The van der Waals surface area contributed by atoms with E-state index >= 15 is 0 Å². The van der Waals surface area contributed by atoms with Crippen LogP contribution in [0.2, 0.25) is 0 Å². The van der Waals surface area contributed by atoms with Crippen molar-refractivity contribution in [1.29, 1.82) is 0 Å². The van der Waals surface area contributed by atoms with Gasteiger partial charge in [-0.15, -0.1) is 0 Å². The Bertz CT molecular complexity index is 904. The molecule has 1 aromatic heterocycles. The van der Waals surface area contributed by atoms with Crippen LogP contribution in [0.4, 0.5) is 4.79 Å². The average Bonchev–Trinajstić information content (AvgIpc) is 3.04. The number of aryl methyl sites for hydroxylation is 2. The molecule has 9 nitrogen and oxygen atoms in total. The summed E-state index contributed by atoms with van der Waals surface area (Å²) in [4.78, 5) is 45.1. The van der Waals surface area contributed by atoms with Gasteiger partial charge in [0.25, 0.3) is 0 Å². The van der Waals surface area contributed by atoms with E-state index in [1.807, 2.05) is 32.0 Å². The maximum Gasteiger partial charge on any atom is 0.442 e. The number of carbonyl (C=O) groups is 3. The average molecular weight is 373 g/mol. The molecule has 1 aliphatic rings. The van der Waals surface area contributed by atoms with Crippen LogP contribution in [0, 0.1) is 13.8 Å². The van der Waals surface area contributed by atoms with Crippen molar-refractivity contribution in [2.24, 2.45) is 0 Å². The van der Waals surface area contributed by atoms with E-state index in [0.717, 1.165) is 21.4 Å². The van der Waals surface area contributed by atoms with Crippen LogP contribution in [-0.2, 0) is 33.9 Å². The molecule has 0 saturated heterocycles. The Hall–Kier alpha value is -3.36. The molecule has 9 heteroatoms. The van der Waals surface area contributed by atoms with Crippen LogP contribution < -0.4 is 4.84 Å². The van der Waals surface area contributed by atoms with E-state index in [0.29, 0.717) is 17.8 Å². The van der Waals surface area contributed by atoms with E-state index in [1.54, 1.807) is 0 Å². The fourth-order valence-corrected chi connectivity index (χ4v) is 2.75. The van der Waals surface area contributed by atoms with Crippen molar-refractivity contribution in [2.75, 3.05) is 6.54 Å². The number of hydrogen-bond acceptors (Lipinski definition) is 6. The van der Waals surface area contributed by atoms with Gasteiger partial charge in [-0.2, -0.15) is 4.73 Å². The highest BCUT2D eigenvalue weighted by molar-refractivity contribution is 6.29. The number of fused-ring (bicyclic) bond motifs is 1. The summed E-state index contributed by atoms with van der Waals surface area (Å²) in [7, 11) is 0. The SMILES string of the molecule is Cc1ccc(COC(=O)C(=O)On2cnc3c2CCN(C(=O)O)C3)cc1C. The predicted molar refractivity (Wildman–Crippen MR) is 91.7 cm³/mol. The van der Waals surface area contributed by atoms with Gasteiger partial charge in [0.05, 0.1) is 17.9 Å². The first-order chi connectivity index (χ1) is 12.8. The van der Waals surface area contributed by atoms with Crippen LogP contribution in [0.25, 0.3) is 0 Å². The fraction of sp³-hybridized carbons (Fsp3) is 0.333. The molecular formula is C18H19N3O6. The van der Waals surface area contributed by atoms with E-state index in [1.165, 1.54) is 11.2 Å². The maximum absolute atomic E-state index is 12.0. The summed E-state index contributed by atoms with van der Waals surface area (Å²) in [6.07, 6.45) is 0.527. The summed E-state index contributed by atoms with van der Waals surface area (Å²) >= 11 is 0. The highest BCUT2D eigenvalue weighted by Crippen LogP contribution is 2.17. The molecule has 2 aromatic rings. The van der Waals surface area contributed by atoms with Crippen molar-refractivity contribution >= 4 is 18.0 Å². The molecule has 0 saturated carbocycles. The van der Waals surface area contributed by atoms with E-state index in [-0.39, 0.29) is 19.7 Å². The maximum atomic E-state index is 12.0. The number of benzene rings is 1. The number of esters is 1. The van der Waals surface area contributed by atoms with Crippen LogP contribution in [0.15, 0.2) is 24.5 Å². The van der Waals surface area contributed by atoms with Gasteiger partial charge < -0.3 is 19.6 Å². The van der Waals surface area contributed by atoms with E-state index in [9.17, 15) is 14.4 Å². The zero-order valence-corrected chi connectivity index (χ0v) is 15.0. The second-order valence-corrected chi connectivity index (χ2v) is 6.29. The number of imidazole rings is 1. The van der Waals surface area contributed by atoms with Gasteiger partial charge in [-0.1, -0.05) is 18.2 Å². The monoisotopic (exact) mass is 373 g/mol. The fourth-order valence-electron chi connectivity index (χ4n) is 2.75. The summed E-state index contributed by atoms with van der Waals surface area (Å²) in [5.41, 5.74) is 4.00. The van der Waals surface area contributed by atoms with Gasteiger partial charge in [0.15, 0.2) is 0 Å². The van der Waals surface area contributed by atoms with Crippen LogP contribution in [0.5, 0.6) is 0 Å². The van der Waals surface area contributed by atoms with Crippen LogP contribution >= 0.6 is 0 Å². The zero-order chi connectivity index (χ0) is 19.6. The van der Waals surface area contributed by atoms with Crippen molar-refractivity contribution in [2.45, 2.75) is 33.4 Å². The van der Waals surface area contributed by atoms with E-state index in [4.69, 9.17) is 14.7 Å². The Labute approximate surface area is 155 Å². The lowest BCUT2D eigenvalue weighted by Crippen LogP contribution is -2.36. The largest absolute Gasteiger partial charge is 0.465 e. The van der Waals surface area contributed by atoms with Gasteiger partial charge in [-0.25, -0.2) is 19.4 Å². The molecule has 0 atom stereocenters. The number of hydrogen-bond donors (Lipinski definition) is 1. The summed E-state index contributed by atoms with van der Waals surface area (Å²) < 4.78 is 6.08. The Kier molecular flexibility index (Phi) is 5.11. The highest BCUT2D eigenvalue weighted by Gasteiger charge is 2.27. The second kappa shape index (κ2) is 7.48. The van der Waals surface area contributed by atoms with Crippen LogP contribution in [-0.4, -0.2) is 44.3 Å². The standard InChI is InChI=1S/C18H19N3O6/c1-11-3-4-13(7-12(11)2)9-26-16(22)17(23)27-21-10-19-14-8-20(18(24)25)6-5-15(14)21/h3-4,7,10H,5-6,8-9H2,1-2H3,(H,24,25). The predicted octanol–water partition coefficient (Wildman–Crippen LogP) is 1.23. The number of ether oxygens (including phenoxy) is 1. The van der Waals surface area contributed by atoms with Crippen LogP contribution in [0.1, 0.15) is 28.1 Å². The number of amides is 1. The molecule has 0 aliphatic carbocycles. The Morgan fingerprint density at radius 2 is 1.96 bits per heavy atom. The molecule has 0 fully saturated rings. The van der Waals surface area contributed by atoms with Crippen molar-refractivity contribution in [3.63, 3.8) is 0 Å². The van der Waals surface area contributed by atoms with Gasteiger partial charge in [-0.05, 0) is 30.5 Å². The van der Waals surface area contributed by atoms with Crippen molar-refractivity contribution in [3.05, 3.63) is 52.6 Å². The third-order valence-electron chi connectivity index (χ3n) is 4.44. The lowest BCUT2D eigenvalue weighted by molar-refractivity contribution is -0.168. The number of carboxylic acid groups (broad SMARTS) is 1. The number of nitrogens with zero attached hydrogens (tertiary/aromatic N) is 3. The molecule has 0 bridgehead atoms. The van der Waals surface area contributed by atoms with Gasteiger partial charge in [-0.3, -0.25) is 0 Å². The summed E-state index contributed by atoms with van der Waals surface area (Å²) in [5, 5.41) is 9.02. The topological polar surface area (TPSA) is 111 Å². The van der Waals surface area contributed by atoms with Gasteiger partial charge in [0.2, 0.25) is 0 Å². The first-order valence-electron chi connectivity index (χ1n) is 8.33. The summed E-state index contributed by atoms with van der Waals surface area (Å²) in [6.45, 7) is 4.24. The smallest absolute Gasteiger partial charge is 0.442 e. The molecule has 1 aromatic carbocycles. The van der Waals surface area contributed by atoms with Gasteiger partial charge >= 0.3 is 18.0 Å². The van der Waals surface area contributed by atoms with E-state index in [2.05, 4.69) is 4.98 Å². The van der Waals surface area contributed by atoms with Crippen molar-refractivity contribution in [3.8, 4) is 0 Å². The number of rotatable bonds is 3. The minimum Gasteiger partial charge on any atom is -0.465 e. The van der Waals surface area contributed by atoms with Gasteiger partial charge in [0.1, 0.15) is 12.9 Å². The first-order valence-corrected chi connectivity index (χ1v) is 8.33. The Morgan fingerprint density at radius 1 is 1.19 bits per heavy atom. The minimum absolute atomic E-state index is 0.0370. The first kappa shape index (κ1) is 18.4. The molecule has 1 N–H and O–H groups in total. The quantitative estimate of drug-likeness (QED) is 0.636. The Morgan fingerprint density at radius 3 is 2.67 bits per heavy atom. The lowest BCUT2D eigenvalue weighted by Gasteiger charge is -2.23. The second-order valence-electron chi connectivity index (χ2n) is 6.29. The molecule has 1 aliphatic heterocycles. The summed E-state index contributed by atoms with van der Waals surface area (Å²) in [6, 6.07) is 5.62. The third-order valence-corrected chi connectivity index (χ3v) is 4.44. The molecule has 0 radical (unpaired) electrons. The van der Waals surface area contributed by atoms with Crippen LogP contribution in [0.3, 0.4) is 0 Å². The molecule has 0 spiro atoms. The van der Waals surface area contributed by atoms with Crippen molar-refractivity contribution in [1.82, 2.24) is 14.6 Å². The third kappa shape index (κ3) is 4.08. The molecule has 1 amide bonds. The van der Waals surface area contributed by atoms with E-state index < -0.39 is 18.0 Å². The highest BCUT2D eigenvalue weighted by atomic mass is 16.7. The normalized spacial score (nSPS) is 13.0. The number of carbonyl (C=O) groups excluding carboxylic acids is 2. The molecule has 0 unspecified atom stereocenters.